The number of rotatable bonds is 5. The van der Waals surface area contributed by atoms with Crippen LogP contribution in [0.2, 0.25) is 0 Å². The zero-order chi connectivity index (χ0) is 17.8. The number of aryl methyl sites for hydroxylation is 3. The number of carbonyl (C=O) groups is 1. The van der Waals surface area contributed by atoms with Gasteiger partial charge in [0.15, 0.2) is 4.34 Å². The third-order valence-electron chi connectivity index (χ3n) is 3.72. The molecule has 0 unspecified atom stereocenters. The van der Waals surface area contributed by atoms with Crippen molar-refractivity contribution >= 4 is 34.1 Å². The molecule has 3 rings (SSSR count). The number of hydrogen-bond donors (Lipinski definition) is 1. The molecular weight excluding hydrogens is 350 g/mol. The Kier molecular flexibility index (Phi) is 5.50. The molecule has 0 saturated carbocycles. The Hall–Kier alpha value is -2.18. The van der Waals surface area contributed by atoms with Crippen LogP contribution in [0, 0.1) is 20.8 Å². The smallest absolute Gasteiger partial charge is 0.257 e. The van der Waals surface area contributed by atoms with E-state index >= 15 is 0 Å². The lowest BCUT2D eigenvalue weighted by Gasteiger charge is -2.04. The highest BCUT2D eigenvalue weighted by Crippen LogP contribution is 2.29. The lowest BCUT2D eigenvalue weighted by molar-refractivity contribution is 0.102. The number of anilines is 1. The van der Waals surface area contributed by atoms with Crippen molar-refractivity contribution in [3.8, 4) is 0 Å². The fourth-order valence-corrected chi connectivity index (χ4v) is 4.33. The van der Waals surface area contributed by atoms with Gasteiger partial charge >= 0.3 is 0 Å². The number of hydrogen-bond acceptors (Lipinski definition) is 5. The predicted octanol–water partition coefficient (Wildman–Crippen LogP) is 5.01. The molecule has 0 spiro atoms. The van der Waals surface area contributed by atoms with Gasteiger partial charge in [-0.2, -0.15) is 0 Å². The summed E-state index contributed by atoms with van der Waals surface area (Å²) in [4.78, 5) is 12.4. The minimum Gasteiger partial charge on any atom is -0.296 e. The molecule has 0 radical (unpaired) electrons. The van der Waals surface area contributed by atoms with Gasteiger partial charge in [-0.3, -0.25) is 10.1 Å². The Morgan fingerprint density at radius 3 is 2.52 bits per heavy atom. The molecule has 128 valence electrons. The van der Waals surface area contributed by atoms with E-state index in [0.717, 1.165) is 21.2 Å². The largest absolute Gasteiger partial charge is 0.296 e. The number of nitrogens with zero attached hydrogens (tertiary/aromatic N) is 2. The molecule has 6 heteroatoms. The van der Waals surface area contributed by atoms with Crippen LogP contribution in [0.4, 0.5) is 5.13 Å². The second kappa shape index (κ2) is 7.80. The van der Waals surface area contributed by atoms with E-state index in [4.69, 9.17) is 0 Å². The maximum atomic E-state index is 12.4. The van der Waals surface area contributed by atoms with Crippen LogP contribution in [-0.2, 0) is 5.75 Å². The predicted molar refractivity (Wildman–Crippen MR) is 105 cm³/mol. The molecule has 1 aromatic heterocycles. The molecule has 1 amide bonds. The Labute approximate surface area is 155 Å². The van der Waals surface area contributed by atoms with Gasteiger partial charge in [0.05, 0.1) is 0 Å². The standard InChI is InChI=1S/C19H19N3OS2/c1-12-8-13(2)10-16(9-12)17(23)20-18-21-22-19(25-18)24-11-15-7-5-4-6-14(15)3/h4-10H,11H2,1-3H3,(H,20,21,23). The fourth-order valence-electron chi connectivity index (χ4n) is 2.51. The third kappa shape index (κ3) is 4.67. The van der Waals surface area contributed by atoms with Gasteiger partial charge in [0.1, 0.15) is 0 Å². The third-order valence-corrected chi connectivity index (χ3v) is 5.74. The van der Waals surface area contributed by atoms with Crippen LogP contribution >= 0.6 is 23.1 Å². The first-order valence-corrected chi connectivity index (χ1v) is 9.72. The number of nitrogens with one attached hydrogen (secondary N) is 1. The van der Waals surface area contributed by atoms with Gasteiger partial charge in [-0.05, 0) is 44.0 Å². The van der Waals surface area contributed by atoms with E-state index in [0.29, 0.717) is 10.7 Å². The van der Waals surface area contributed by atoms with Crippen LogP contribution in [0.3, 0.4) is 0 Å². The van der Waals surface area contributed by atoms with Crippen LogP contribution in [0.1, 0.15) is 32.6 Å². The highest BCUT2D eigenvalue weighted by atomic mass is 32.2. The van der Waals surface area contributed by atoms with Crippen molar-refractivity contribution in [1.82, 2.24) is 10.2 Å². The van der Waals surface area contributed by atoms with E-state index < -0.39 is 0 Å². The van der Waals surface area contributed by atoms with Crippen LogP contribution in [0.15, 0.2) is 46.8 Å². The van der Waals surface area contributed by atoms with Crippen molar-refractivity contribution in [2.24, 2.45) is 0 Å². The van der Waals surface area contributed by atoms with Gasteiger partial charge in [0, 0.05) is 11.3 Å². The molecule has 0 aliphatic heterocycles. The van der Waals surface area contributed by atoms with E-state index in [-0.39, 0.29) is 5.91 Å². The molecule has 1 N–H and O–H groups in total. The first-order valence-electron chi connectivity index (χ1n) is 7.92. The van der Waals surface area contributed by atoms with Crippen LogP contribution < -0.4 is 5.32 Å². The molecule has 2 aromatic carbocycles. The number of carbonyl (C=O) groups excluding carboxylic acids is 1. The van der Waals surface area contributed by atoms with Crippen molar-refractivity contribution in [2.75, 3.05) is 5.32 Å². The molecule has 3 aromatic rings. The van der Waals surface area contributed by atoms with Gasteiger partial charge in [0.2, 0.25) is 5.13 Å². The molecule has 4 nitrogen and oxygen atoms in total. The lowest BCUT2D eigenvalue weighted by Crippen LogP contribution is -2.12. The second-order valence-electron chi connectivity index (χ2n) is 5.92. The Bertz CT molecular complexity index is 885. The summed E-state index contributed by atoms with van der Waals surface area (Å²) in [6, 6.07) is 14.1. The van der Waals surface area contributed by atoms with Crippen molar-refractivity contribution in [2.45, 2.75) is 30.9 Å². The maximum Gasteiger partial charge on any atom is 0.257 e. The number of thioether (sulfide) groups is 1. The topological polar surface area (TPSA) is 54.9 Å². The number of aromatic nitrogens is 2. The second-order valence-corrected chi connectivity index (χ2v) is 8.12. The normalized spacial score (nSPS) is 10.7. The van der Waals surface area contributed by atoms with E-state index in [9.17, 15) is 4.79 Å². The van der Waals surface area contributed by atoms with Crippen LogP contribution in [-0.4, -0.2) is 16.1 Å². The van der Waals surface area contributed by atoms with E-state index in [1.807, 2.05) is 44.2 Å². The molecule has 0 aliphatic rings. The van der Waals surface area contributed by atoms with Gasteiger partial charge in [-0.25, -0.2) is 0 Å². The monoisotopic (exact) mass is 369 g/mol. The lowest BCUT2D eigenvalue weighted by atomic mass is 10.1. The quantitative estimate of drug-likeness (QED) is 0.507. The summed E-state index contributed by atoms with van der Waals surface area (Å²) in [6.45, 7) is 6.07. The Morgan fingerprint density at radius 1 is 1.08 bits per heavy atom. The average Bonchev–Trinajstić information content (AvgIpc) is 3.00. The summed E-state index contributed by atoms with van der Waals surface area (Å²) in [6.07, 6.45) is 0. The van der Waals surface area contributed by atoms with Gasteiger partial charge in [-0.1, -0.05) is 64.6 Å². The number of amides is 1. The van der Waals surface area contributed by atoms with Crippen LogP contribution in [0.25, 0.3) is 0 Å². The number of benzene rings is 2. The summed E-state index contributed by atoms with van der Waals surface area (Å²) in [7, 11) is 0. The first-order chi connectivity index (χ1) is 12.0. The summed E-state index contributed by atoms with van der Waals surface area (Å²) in [5.74, 6) is 0.685. The molecule has 0 aliphatic carbocycles. The average molecular weight is 370 g/mol. The van der Waals surface area contributed by atoms with Gasteiger partial charge in [-0.15, -0.1) is 10.2 Å². The molecule has 0 atom stereocenters. The van der Waals surface area contributed by atoms with E-state index in [1.165, 1.54) is 22.5 Å². The van der Waals surface area contributed by atoms with E-state index in [1.54, 1.807) is 11.8 Å². The van der Waals surface area contributed by atoms with E-state index in [2.05, 4.69) is 34.6 Å². The highest BCUT2D eigenvalue weighted by Gasteiger charge is 2.11. The summed E-state index contributed by atoms with van der Waals surface area (Å²) in [5.41, 5.74) is 5.32. The minimum atomic E-state index is -0.154. The summed E-state index contributed by atoms with van der Waals surface area (Å²) < 4.78 is 0.846. The Balaban J connectivity index is 1.63. The molecular formula is C19H19N3OS2. The van der Waals surface area contributed by atoms with Crippen molar-refractivity contribution < 1.29 is 4.79 Å². The molecule has 25 heavy (non-hydrogen) atoms. The maximum absolute atomic E-state index is 12.4. The first kappa shape index (κ1) is 17.6. The van der Waals surface area contributed by atoms with Crippen molar-refractivity contribution in [3.63, 3.8) is 0 Å². The highest BCUT2D eigenvalue weighted by molar-refractivity contribution is 8.00. The zero-order valence-electron chi connectivity index (χ0n) is 14.4. The van der Waals surface area contributed by atoms with Crippen LogP contribution in [0.5, 0.6) is 0 Å². The molecule has 0 bridgehead atoms. The molecule has 0 fully saturated rings. The molecule has 1 heterocycles. The zero-order valence-corrected chi connectivity index (χ0v) is 16.0. The Morgan fingerprint density at radius 2 is 1.80 bits per heavy atom. The molecule has 0 saturated heterocycles. The fraction of sp³-hybridized carbons (Fsp3) is 0.211. The SMILES string of the molecule is Cc1cc(C)cc(C(=O)Nc2nnc(SCc3ccccc3C)s2)c1. The van der Waals surface area contributed by atoms with Crippen molar-refractivity contribution in [3.05, 3.63) is 70.3 Å². The minimum absolute atomic E-state index is 0.154. The van der Waals surface area contributed by atoms with Gasteiger partial charge < -0.3 is 0 Å². The van der Waals surface area contributed by atoms with Crippen molar-refractivity contribution in [1.29, 1.82) is 0 Å². The summed E-state index contributed by atoms with van der Waals surface area (Å²) in [5, 5.41) is 11.6. The summed E-state index contributed by atoms with van der Waals surface area (Å²) >= 11 is 3.03. The van der Waals surface area contributed by atoms with Gasteiger partial charge in [0.25, 0.3) is 5.91 Å².